The van der Waals surface area contributed by atoms with Crippen LogP contribution in [0.5, 0.6) is 5.75 Å². The van der Waals surface area contributed by atoms with E-state index < -0.39 is 0 Å². The Balaban J connectivity index is 1.69. The molecule has 2 aliphatic carbocycles. The molecule has 0 aromatic heterocycles. The van der Waals surface area contributed by atoms with E-state index in [1.165, 1.54) is 44.1 Å². The van der Waals surface area contributed by atoms with E-state index in [0.29, 0.717) is 18.1 Å². The third kappa shape index (κ3) is 2.69. The quantitative estimate of drug-likeness (QED) is 0.877. The molecule has 98 valence electrons. The molecule has 2 fully saturated rings. The van der Waals surface area contributed by atoms with E-state index in [4.69, 9.17) is 4.74 Å². The SMILES string of the molecule is CNC1CCCCC1c1ccc(OC2CC2)cc1. The van der Waals surface area contributed by atoms with Gasteiger partial charge in [-0.25, -0.2) is 0 Å². The summed E-state index contributed by atoms with van der Waals surface area (Å²) in [6.45, 7) is 0. The average molecular weight is 245 g/mol. The van der Waals surface area contributed by atoms with Crippen molar-refractivity contribution in [2.45, 2.75) is 56.6 Å². The lowest BCUT2D eigenvalue weighted by atomic mass is 9.80. The highest BCUT2D eigenvalue weighted by atomic mass is 16.5. The molecule has 0 aliphatic heterocycles. The number of hydrogen-bond acceptors (Lipinski definition) is 2. The first-order chi connectivity index (χ1) is 8.86. The average Bonchev–Trinajstić information content (AvgIpc) is 3.24. The number of nitrogens with one attached hydrogen (secondary N) is 1. The van der Waals surface area contributed by atoms with Crippen molar-refractivity contribution < 1.29 is 4.74 Å². The molecule has 0 amide bonds. The second-order valence-electron chi connectivity index (χ2n) is 5.67. The van der Waals surface area contributed by atoms with Gasteiger partial charge in [-0.3, -0.25) is 0 Å². The number of ether oxygens (including phenoxy) is 1. The Morgan fingerprint density at radius 3 is 2.39 bits per heavy atom. The van der Waals surface area contributed by atoms with Crippen molar-refractivity contribution >= 4 is 0 Å². The minimum atomic E-state index is 0.496. The lowest BCUT2D eigenvalue weighted by Crippen LogP contribution is -2.34. The van der Waals surface area contributed by atoms with Crippen LogP contribution in [0.3, 0.4) is 0 Å². The van der Waals surface area contributed by atoms with E-state index >= 15 is 0 Å². The van der Waals surface area contributed by atoms with Gasteiger partial charge < -0.3 is 10.1 Å². The van der Waals surface area contributed by atoms with Crippen molar-refractivity contribution in [2.75, 3.05) is 7.05 Å². The first kappa shape index (κ1) is 12.0. The van der Waals surface area contributed by atoms with Gasteiger partial charge >= 0.3 is 0 Å². The van der Waals surface area contributed by atoms with Gasteiger partial charge in [0.15, 0.2) is 0 Å². The molecule has 2 atom stereocenters. The van der Waals surface area contributed by atoms with Crippen molar-refractivity contribution in [2.24, 2.45) is 0 Å². The van der Waals surface area contributed by atoms with Gasteiger partial charge in [-0.05, 0) is 56.3 Å². The molecule has 0 heterocycles. The second kappa shape index (κ2) is 5.31. The van der Waals surface area contributed by atoms with Gasteiger partial charge in [-0.15, -0.1) is 0 Å². The molecule has 0 bridgehead atoms. The van der Waals surface area contributed by atoms with Crippen LogP contribution in [-0.4, -0.2) is 19.2 Å². The minimum absolute atomic E-state index is 0.496. The molecule has 2 heteroatoms. The summed E-state index contributed by atoms with van der Waals surface area (Å²) < 4.78 is 5.81. The molecule has 1 N–H and O–H groups in total. The fourth-order valence-corrected chi connectivity index (χ4v) is 3.05. The van der Waals surface area contributed by atoms with Gasteiger partial charge in [0.05, 0.1) is 6.10 Å². The summed E-state index contributed by atoms with van der Waals surface area (Å²) in [5, 5.41) is 3.48. The highest BCUT2D eigenvalue weighted by molar-refractivity contribution is 5.31. The van der Waals surface area contributed by atoms with Crippen LogP contribution < -0.4 is 10.1 Å². The van der Waals surface area contributed by atoms with Crippen LogP contribution in [0.2, 0.25) is 0 Å². The van der Waals surface area contributed by atoms with Crippen molar-refractivity contribution in [3.05, 3.63) is 29.8 Å². The summed E-state index contributed by atoms with van der Waals surface area (Å²) in [6.07, 6.45) is 8.30. The molecule has 3 rings (SSSR count). The smallest absolute Gasteiger partial charge is 0.119 e. The Bertz CT molecular complexity index is 383. The van der Waals surface area contributed by atoms with Crippen LogP contribution in [0, 0.1) is 0 Å². The van der Waals surface area contributed by atoms with E-state index in [9.17, 15) is 0 Å². The van der Waals surface area contributed by atoms with E-state index in [-0.39, 0.29) is 0 Å². The van der Waals surface area contributed by atoms with Crippen LogP contribution in [0.25, 0.3) is 0 Å². The van der Waals surface area contributed by atoms with Crippen molar-refractivity contribution in [3.63, 3.8) is 0 Å². The van der Waals surface area contributed by atoms with Gasteiger partial charge in [0, 0.05) is 6.04 Å². The maximum Gasteiger partial charge on any atom is 0.119 e. The molecule has 18 heavy (non-hydrogen) atoms. The molecule has 0 saturated heterocycles. The maximum absolute atomic E-state index is 5.81. The molecule has 2 unspecified atom stereocenters. The van der Waals surface area contributed by atoms with Gasteiger partial charge in [-0.2, -0.15) is 0 Å². The van der Waals surface area contributed by atoms with Crippen molar-refractivity contribution in [1.29, 1.82) is 0 Å². The fraction of sp³-hybridized carbons (Fsp3) is 0.625. The highest BCUT2D eigenvalue weighted by Crippen LogP contribution is 2.34. The predicted octanol–water partition coefficient (Wildman–Crippen LogP) is 3.47. The Morgan fingerprint density at radius 2 is 1.72 bits per heavy atom. The number of hydrogen-bond donors (Lipinski definition) is 1. The molecule has 2 saturated carbocycles. The largest absolute Gasteiger partial charge is 0.490 e. The zero-order valence-corrected chi connectivity index (χ0v) is 11.2. The lowest BCUT2D eigenvalue weighted by molar-refractivity contribution is 0.302. The number of likely N-dealkylation sites (N-methyl/N-ethyl adjacent to an activating group) is 1. The molecule has 1 aromatic rings. The van der Waals surface area contributed by atoms with E-state index in [0.717, 1.165) is 5.75 Å². The van der Waals surface area contributed by atoms with Crippen LogP contribution >= 0.6 is 0 Å². The summed E-state index contributed by atoms with van der Waals surface area (Å²) in [5.41, 5.74) is 1.47. The number of rotatable bonds is 4. The first-order valence-electron chi connectivity index (χ1n) is 7.30. The zero-order chi connectivity index (χ0) is 12.4. The highest BCUT2D eigenvalue weighted by Gasteiger charge is 2.26. The molecular weight excluding hydrogens is 222 g/mol. The standard InChI is InChI=1S/C16H23NO/c1-17-16-5-3-2-4-15(16)12-6-8-13(9-7-12)18-14-10-11-14/h6-9,14-17H,2-5,10-11H2,1H3. The normalized spacial score (nSPS) is 28.1. The van der Waals surface area contributed by atoms with Gasteiger partial charge in [-0.1, -0.05) is 25.0 Å². The molecule has 0 spiro atoms. The Morgan fingerprint density at radius 1 is 1.00 bits per heavy atom. The first-order valence-corrected chi connectivity index (χ1v) is 7.30. The molecule has 2 nitrogen and oxygen atoms in total. The number of benzene rings is 1. The van der Waals surface area contributed by atoms with Gasteiger partial charge in [0.25, 0.3) is 0 Å². The van der Waals surface area contributed by atoms with E-state index in [1.54, 1.807) is 0 Å². The summed E-state index contributed by atoms with van der Waals surface area (Å²) >= 11 is 0. The fourth-order valence-electron chi connectivity index (χ4n) is 3.05. The van der Waals surface area contributed by atoms with Crippen LogP contribution in [0.15, 0.2) is 24.3 Å². The van der Waals surface area contributed by atoms with Crippen LogP contribution in [0.4, 0.5) is 0 Å². The van der Waals surface area contributed by atoms with Crippen molar-refractivity contribution in [1.82, 2.24) is 5.32 Å². The van der Waals surface area contributed by atoms with Crippen LogP contribution in [-0.2, 0) is 0 Å². The third-order valence-electron chi connectivity index (χ3n) is 4.27. The Hall–Kier alpha value is -1.02. The molecule has 0 radical (unpaired) electrons. The zero-order valence-electron chi connectivity index (χ0n) is 11.2. The summed E-state index contributed by atoms with van der Waals surface area (Å²) in [6, 6.07) is 9.47. The summed E-state index contributed by atoms with van der Waals surface area (Å²) in [4.78, 5) is 0. The van der Waals surface area contributed by atoms with Gasteiger partial charge in [0.1, 0.15) is 5.75 Å². The minimum Gasteiger partial charge on any atom is -0.490 e. The van der Waals surface area contributed by atoms with Crippen molar-refractivity contribution in [3.8, 4) is 5.75 Å². The molecular formula is C16H23NO. The third-order valence-corrected chi connectivity index (χ3v) is 4.27. The summed E-state index contributed by atoms with van der Waals surface area (Å²) in [5.74, 6) is 1.72. The Kier molecular flexibility index (Phi) is 3.55. The van der Waals surface area contributed by atoms with Gasteiger partial charge in [0.2, 0.25) is 0 Å². The van der Waals surface area contributed by atoms with E-state index in [1.807, 2.05) is 0 Å². The summed E-state index contributed by atoms with van der Waals surface area (Å²) in [7, 11) is 2.09. The predicted molar refractivity (Wildman–Crippen MR) is 74.1 cm³/mol. The maximum atomic E-state index is 5.81. The van der Waals surface area contributed by atoms with Crippen LogP contribution in [0.1, 0.15) is 50.0 Å². The monoisotopic (exact) mass is 245 g/mol. The Labute approximate surface area is 110 Å². The molecule has 1 aromatic carbocycles. The lowest BCUT2D eigenvalue weighted by Gasteiger charge is -2.31. The topological polar surface area (TPSA) is 21.3 Å². The molecule has 2 aliphatic rings. The van der Waals surface area contributed by atoms with E-state index in [2.05, 4.69) is 36.6 Å². The second-order valence-corrected chi connectivity index (χ2v) is 5.67.